The van der Waals surface area contributed by atoms with Gasteiger partial charge >= 0.3 is 5.97 Å². The summed E-state index contributed by atoms with van der Waals surface area (Å²) in [6, 6.07) is 8.28. The van der Waals surface area contributed by atoms with Crippen LogP contribution in [0.2, 0.25) is 0 Å². The van der Waals surface area contributed by atoms with Crippen LogP contribution in [0.1, 0.15) is 24.5 Å². The highest BCUT2D eigenvalue weighted by atomic mass is 16.5. The molecular formula is C12H16O2. The van der Waals surface area contributed by atoms with Crippen LogP contribution in [0.5, 0.6) is 0 Å². The summed E-state index contributed by atoms with van der Waals surface area (Å²) in [5.41, 5.74) is 2.63. The van der Waals surface area contributed by atoms with Gasteiger partial charge in [0.15, 0.2) is 0 Å². The Kier molecular flexibility index (Phi) is 4.17. The van der Waals surface area contributed by atoms with Crippen LogP contribution in [0.25, 0.3) is 0 Å². The summed E-state index contributed by atoms with van der Waals surface area (Å²) in [4.78, 5) is 10.5. The van der Waals surface area contributed by atoms with Crippen molar-refractivity contribution in [2.45, 2.75) is 26.7 Å². The van der Waals surface area contributed by atoms with E-state index in [4.69, 9.17) is 4.74 Å². The number of aryl methyl sites for hydroxylation is 2. The van der Waals surface area contributed by atoms with Crippen LogP contribution in [-0.4, -0.2) is 12.6 Å². The minimum absolute atomic E-state index is 0.199. The lowest BCUT2D eigenvalue weighted by Gasteiger charge is -2.05. The Hall–Kier alpha value is -1.31. The summed E-state index contributed by atoms with van der Waals surface area (Å²) >= 11 is 0. The van der Waals surface area contributed by atoms with Crippen molar-refractivity contribution in [3.05, 3.63) is 35.4 Å². The first-order chi connectivity index (χ1) is 6.70. The molecule has 2 heteroatoms. The molecule has 0 spiro atoms. The average molecular weight is 192 g/mol. The molecule has 0 saturated carbocycles. The van der Waals surface area contributed by atoms with E-state index >= 15 is 0 Å². The van der Waals surface area contributed by atoms with Crippen molar-refractivity contribution < 1.29 is 9.53 Å². The Labute approximate surface area is 84.9 Å². The monoisotopic (exact) mass is 192 g/mol. The Morgan fingerprint density at radius 2 is 2.07 bits per heavy atom. The van der Waals surface area contributed by atoms with Crippen molar-refractivity contribution in [2.75, 3.05) is 6.61 Å². The van der Waals surface area contributed by atoms with Crippen molar-refractivity contribution >= 4 is 5.97 Å². The van der Waals surface area contributed by atoms with E-state index in [0.29, 0.717) is 6.61 Å². The van der Waals surface area contributed by atoms with E-state index in [0.717, 1.165) is 12.8 Å². The maximum atomic E-state index is 10.5. The molecule has 0 fully saturated rings. The number of esters is 1. The zero-order valence-corrected chi connectivity index (χ0v) is 8.75. The molecule has 1 rings (SSSR count). The van der Waals surface area contributed by atoms with Crippen molar-refractivity contribution in [1.29, 1.82) is 0 Å². The molecule has 0 radical (unpaired) electrons. The molecule has 0 amide bonds. The van der Waals surface area contributed by atoms with Crippen molar-refractivity contribution in [2.24, 2.45) is 0 Å². The van der Waals surface area contributed by atoms with Gasteiger partial charge in [-0.1, -0.05) is 24.3 Å². The van der Waals surface area contributed by atoms with E-state index < -0.39 is 0 Å². The zero-order valence-electron chi connectivity index (χ0n) is 8.75. The first-order valence-electron chi connectivity index (χ1n) is 4.88. The first kappa shape index (κ1) is 10.8. The number of hydrogen-bond acceptors (Lipinski definition) is 2. The number of rotatable bonds is 4. The van der Waals surface area contributed by atoms with Gasteiger partial charge in [-0.15, -0.1) is 0 Å². The van der Waals surface area contributed by atoms with Crippen LogP contribution in [0.3, 0.4) is 0 Å². The number of hydrogen-bond donors (Lipinski definition) is 0. The maximum absolute atomic E-state index is 10.5. The van der Waals surface area contributed by atoms with E-state index in [1.807, 2.05) is 12.1 Å². The molecule has 0 aliphatic heterocycles. The van der Waals surface area contributed by atoms with E-state index in [2.05, 4.69) is 19.1 Å². The van der Waals surface area contributed by atoms with Gasteiger partial charge in [-0.2, -0.15) is 0 Å². The highest BCUT2D eigenvalue weighted by Crippen LogP contribution is 2.09. The summed E-state index contributed by atoms with van der Waals surface area (Å²) in [7, 11) is 0. The zero-order chi connectivity index (χ0) is 10.4. The highest BCUT2D eigenvalue weighted by molar-refractivity contribution is 5.65. The van der Waals surface area contributed by atoms with Crippen LogP contribution in [0.4, 0.5) is 0 Å². The minimum atomic E-state index is -0.199. The van der Waals surface area contributed by atoms with Crippen LogP contribution >= 0.6 is 0 Å². The fourth-order valence-corrected chi connectivity index (χ4v) is 1.37. The Bertz CT molecular complexity index is 305. The van der Waals surface area contributed by atoms with Gasteiger partial charge in [-0.25, -0.2) is 0 Å². The molecule has 0 heterocycles. The van der Waals surface area contributed by atoms with Gasteiger partial charge in [-0.3, -0.25) is 4.79 Å². The molecule has 1 aromatic rings. The molecule has 14 heavy (non-hydrogen) atoms. The Balaban J connectivity index is 2.31. The molecule has 0 atom stereocenters. The van der Waals surface area contributed by atoms with Crippen molar-refractivity contribution in [3.63, 3.8) is 0 Å². The summed E-state index contributed by atoms with van der Waals surface area (Å²) < 4.78 is 4.86. The van der Waals surface area contributed by atoms with E-state index in [1.165, 1.54) is 18.1 Å². The number of benzene rings is 1. The predicted molar refractivity (Wildman–Crippen MR) is 56.1 cm³/mol. The summed E-state index contributed by atoms with van der Waals surface area (Å²) in [5, 5.41) is 0. The topological polar surface area (TPSA) is 26.3 Å². The summed E-state index contributed by atoms with van der Waals surface area (Å²) in [6.07, 6.45) is 1.87. The lowest BCUT2D eigenvalue weighted by Crippen LogP contribution is -2.02. The van der Waals surface area contributed by atoms with Crippen LogP contribution in [-0.2, 0) is 16.0 Å². The third-order valence-corrected chi connectivity index (χ3v) is 2.16. The van der Waals surface area contributed by atoms with Gasteiger partial charge in [0, 0.05) is 6.92 Å². The molecule has 1 aromatic carbocycles. The molecule has 0 N–H and O–H groups in total. The largest absolute Gasteiger partial charge is 0.466 e. The Morgan fingerprint density at radius 1 is 1.36 bits per heavy atom. The van der Waals surface area contributed by atoms with E-state index in [-0.39, 0.29) is 5.97 Å². The second-order valence-corrected chi connectivity index (χ2v) is 3.37. The van der Waals surface area contributed by atoms with E-state index in [1.54, 1.807) is 0 Å². The molecule has 0 aromatic heterocycles. The SMILES string of the molecule is CC(=O)OCCCc1ccccc1C. The van der Waals surface area contributed by atoms with Crippen molar-refractivity contribution in [3.8, 4) is 0 Å². The van der Waals surface area contributed by atoms with Crippen molar-refractivity contribution in [1.82, 2.24) is 0 Å². The Morgan fingerprint density at radius 3 is 2.71 bits per heavy atom. The molecule has 0 aliphatic rings. The fourth-order valence-electron chi connectivity index (χ4n) is 1.37. The standard InChI is InChI=1S/C12H16O2/c1-10-6-3-4-7-12(10)8-5-9-14-11(2)13/h3-4,6-7H,5,8-9H2,1-2H3. The molecule has 0 unspecified atom stereocenters. The van der Waals surface area contributed by atoms with Gasteiger partial charge in [0.25, 0.3) is 0 Å². The molecule has 0 saturated heterocycles. The maximum Gasteiger partial charge on any atom is 0.302 e. The highest BCUT2D eigenvalue weighted by Gasteiger charge is 1.97. The van der Waals surface area contributed by atoms with Gasteiger partial charge in [0.1, 0.15) is 0 Å². The average Bonchev–Trinajstić information content (AvgIpc) is 2.15. The van der Waals surface area contributed by atoms with Crippen LogP contribution in [0.15, 0.2) is 24.3 Å². The molecule has 76 valence electrons. The molecule has 2 nitrogen and oxygen atoms in total. The first-order valence-corrected chi connectivity index (χ1v) is 4.88. The number of carbonyl (C=O) groups excluding carboxylic acids is 1. The third-order valence-electron chi connectivity index (χ3n) is 2.16. The van der Waals surface area contributed by atoms with Gasteiger partial charge in [0.2, 0.25) is 0 Å². The smallest absolute Gasteiger partial charge is 0.302 e. The minimum Gasteiger partial charge on any atom is -0.466 e. The quantitative estimate of drug-likeness (QED) is 0.541. The van der Waals surface area contributed by atoms with Gasteiger partial charge in [0.05, 0.1) is 6.61 Å². The number of ether oxygens (including phenoxy) is 1. The number of carbonyl (C=O) groups is 1. The molecular weight excluding hydrogens is 176 g/mol. The van der Waals surface area contributed by atoms with E-state index in [9.17, 15) is 4.79 Å². The predicted octanol–water partition coefficient (Wildman–Crippen LogP) is 2.49. The lowest BCUT2D eigenvalue weighted by atomic mass is 10.0. The third kappa shape index (κ3) is 3.60. The van der Waals surface area contributed by atoms with Crippen LogP contribution in [0, 0.1) is 6.92 Å². The summed E-state index contributed by atoms with van der Waals surface area (Å²) in [6.45, 7) is 4.05. The second-order valence-electron chi connectivity index (χ2n) is 3.37. The van der Waals surface area contributed by atoms with Gasteiger partial charge in [-0.05, 0) is 30.9 Å². The lowest BCUT2D eigenvalue weighted by molar-refractivity contribution is -0.141. The second kappa shape index (κ2) is 5.43. The normalized spacial score (nSPS) is 9.86. The summed E-state index contributed by atoms with van der Waals surface area (Å²) in [5.74, 6) is -0.199. The molecule has 0 aliphatic carbocycles. The van der Waals surface area contributed by atoms with Crippen LogP contribution < -0.4 is 0 Å². The van der Waals surface area contributed by atoms with Gasteiger partial charge < -0.3 is 4.74 Å². The fraction of sp³-hybridized carbons (Fsp3) is 0.417. The molecule has 0 bridgehead atoms.